The highest BCUT2D eigenvalue weighted by atomic mass is 32.2. The molecule has 0 radical (unpaired) electrons. The van der Waals surface area contributed by atoms with Crippen LogP contribution in [0, 0.1) is 5.92 Å². The highest BCUT2D eigenvalue weighted by molar-refractivity contribution is 7.99. The van der Waals surface area contributed by atoms with Crippen molar-refractivity contribution >= 4 is 17.7 Å². The molecule has 0 bridgehead atoms. The zero-order valence-corrected chi connectivity index (χ0v) is 28.9. The van der Waals surface area contributed by atoms with Gasteiger partial charge in [0, 0.05) is 0 Å². The van der Waals surface area contributed by atoms with Gasteiger partial charge in [-0.05, 0) is 58.3 Å². The van der Waals surface area contributed by atoms with Gasteiger partial charge in [-0.1, -0.05) is 157 Å². The minimum absolute atomic E-state index is 0.207. The van der Waals surface area contributed by atoms with Crippen LogP contribution in [0.4, 0.5) is 0 Å². The quantitative estimate of drug-likeness (QED) is 0.124. The smallest absolute Gasteiger partial charge is 0.306 e. The lowest BCUT2D eigenvalue weighted by molar-refractivity contribution is -0.141. The SMILES string of the molecule is CCCCCCCCCCCCCCCCCCSCCC(Cc1cc(C(C)(C)C)c(O)c(C(C)(C)C)c1)C(=O)O. The average molecular weight is 591 g/mol. The maximum Gasteiger partial charge on any atom is 0.306 e. The summed E-state index contributed by atoms with van der Waals surface area (Å²) in [5, 5.41) is 20.9. The molecule has 0 aliphatic carbocycles. The molecule has 0 spiro atoms. The van der Waals surface area contributed by atoms with Crippen LogP contribution < -0.4 is 0 Å². The van der Waals surface area contributed by atoms with Crippen molar-refractivity contribution in [2.45, 2.75) is 175 Å². The highest BCUT2D eigenvalue weighted by Crippen LogP contribution is 2.40. The molecule has 0 fully saturated rings. The second kappa shape index (κ2) is 20.7. The number of phenols is 1. The van der Waals surface area contributed by atoms with Crippen LogP contribution in [-0.4, -0.2) is 27.7 Å². The Morgan fingerprint density at radius 1 is 0.683 bits per heavy atom. The van der Waals surface area contributed by atoms with Crippen LogP contribution in [0.15, 0.2) is 12.1 Å². The number of hydrogen-bond donors (Lipinski definition) is 2. The Kier molecular flexibility index (Phi) is 19.1. The number of unbranched alkanes of at least 4 members (excludes halogenated alkanes) is 15. The number of benzene rings is 1. The number of aliphatic carboxylic acids is 1. The van der Waals surface area contributed by atoms with Crippen LogP contribution in [0.1, 0.15) is 174 Å². The van der Waals surface area contributed by atoms with Gasteiger partial charge in [-0.15, -0.1) is 0 Å². The number of carbonyl (C=O) groups is 1. The second-order valence-electron chi connectivity index (χ2n) is 14.5. The molecular formula is C37H66O3S. The van der Waals surface area contributed by atoms with Gasteiger partial charge in [0.15, 0.2) is 0 Å². The molecule has 0 amide bonds. The molecule has 0 aliphatic rings. The van der Waals surface area contributed by atoms with E-state index in [9.17, 15) is 15.0 Å². The fourth-order valence-electron chi connectivity index (χ4n) is 5.63. The summed E-state index contributed by atoms with van der Waals surface area (Å²) in [6.45, 7) is 14.9. The Morgan fingerprint density at radius 2 is 1.07 bits per heavy atom. The van der Waals surface area contributed by atoms with Crippen LogP contribution in [-0.2, 0) is 22.0 Å². The lowest BCUT2D eigenvalue weighted by Crippen LogP contribution is -2.21. The Balaban J connectivity index is 2.23. The Hall–Kier alpha value is -1.16. The number of thioether (sulfide) groups is 1. The van der Waals surface area contributed by atoms with Crippen LogP contribution in [0.25, 0.3) is 0 Å². The summed E-state index contributed by atoms with van der Waals surface area (Å²) in [6, 6.07) is 4.06. The van der Waals surface area contributed by atoms with E-state index in [1.54, 1.807) is 0 Å². The molecule has 4 heteroatoms. The van der Waals surface area contributed by atoms with Crippen molar-refractivity contribution in [1.82, 2.24) is 0 Å². The van der Waals surface area contributed by atoms with E-state index < -0.39 is 11.9 Å². The first-order valence-corrected chi connectivity index (χ1v) is 18.2. The third-order valence-electron chi connectivity index (χ3n) is 8.37. The van der Waals surface area contributed by atoms with Gasteiger partial charge in [-0.2, -0.15) is 11.8 Å². The number of carboxylic acids is 1. The van der Waals surface area contributed by atoms with Crippen molar-refractivity contribution in [3.63, 3.8) is 0 Å². The van der Waals surface area contributed by atoms with Crippen LogP contribution in [0.3, 0.4) is 0 Å². The predicted octanol–water partition coefficient (Wildman–Crippen LogP) is 11.6. The fraction of sp³-hybridized carbons (Fsp3) is 0.811. The van der Waals surface area contributed by atoms with E-state index in [-0.39, 0.29) is 10.8 Å². The van der Waals surface area contributed by atoms with Crippen molar-refractivity contribution in [2.24, 2.45) is 5.92 Å². The van der Waals surface area contributed by atoms with Crippen LogP contribution in [0.2, 0.25) is 0 Å². The molecule has 1 rings (SSSR count). The van der Waals surface area contributed by atoms with Gasteiger partial charge in [-0.3, -0.25) is 4.79 Å². The zero-order chi connectivity index (χ0) is 30.7. The van der Waals surface area contributed by atoms with Crippen molar-refractivity contribution in [1.29, 1.82) is 0 Å². The van der Waals surface area contributed by atoms with Gasteiger partial charge in [0.1, 0.15) is 5.75 Å². The van der Waals surface area contributed by atoms with Gasteiger partial charge >= 0.3 is 5.97 Å². The van der Waals surface area contributed by atoms with E-state index in [0.717, 1.165) is 28.2 Å². The van der Waals surface area contributed by atoms with E-state index in [4.69, 9.17) is 0 Å². The molecule has 0 aliphatic heterocycles. The van der Waals surface area contributed by atoms with Gasteiger partial charge in [-0.25, -0.2) is 0 Å². The molecule has 238 valence electrons. The van der Waals surface area contributed by atoms with E-state index in [0.29, 0.717) is 18.6 Å². The number of aromatic hydroxyl groups is 1. The first-order valence-electron chi connectivity index (χ1n) is 17.0. The molecule has 1 unspecified atom stereocenters. The Labute approximate surface area is 259 Å². The summed E-state index contributed by atoms with van der Waals surface area (Å²) in [5.41, 5.74) is 2.42. The standard InChI is InChI=1S/C37H66O3S/c1-8-9-10-11-12-13-14-15-16-17-18-19-20-21-22-23-25-41-26-24-31(35(39)40)27-30-28-32(36(2,3)4)34(38)33(29-30)37(5,6)7/h28-29,31,38H,8-27H2,1-7H3,(H,39,40). The maximum absolute atomic E-state index is 12.1. The molecular weight excluding hydrogens is 524 g/mol. The second-order valence-corrected chi connectivity index (χ2v) is 15.7. The first-order chi connectivity index (χ1) is 19.4. The number of rotatable bonds is 23. The van der Waals surface area contributed by atoms with Crippen LogP contribution in [0.5, 0.6) is 5.75 Å². The summed E-state index contributed by atoms with van der Waals surface area (Å²) in [6.07, 6.45) is 23.4. The lowest BCUT2D eigenvalue weighted by atomic mass is 9.77. The molecule has 1 aromatic rings. The Bertz CT molecular complexity index is 799. The summed E-state index contributed by atoms with van der Waals surface area (Å²) in [5.74, 6) is 1.28. The van der Waals surface area contributed by atoms with Gasteiger partial charge in [0.25, 0.3) is 0 Å². The third kappa shape index (κ3) is 16.9. The maximum atomic E-state index is 12.1. The molecule has 0 heterocycles. The molecule has 3 nitrogen and oxygen atoms in total. The summed E-state index contributed by atoms with van der Waals surface area (Å²) in [7, 11) is 0. The first kappa shape index (κ1) is 37.9. The monoisotopic (exact) mass is 590 g/mol. The van der Waals surface area contributed by atoms with Crippen LogP contribution >= 0.6 is 11.8 Å². The van der Waals surface area contributed by atoms with E-state index in [1.165, 1.54) is 103 Å². The van der Waals surface area contributed by atoms with Crippen molar-refractivity contribution in [3.05, 3.63) is 28.8 Å². The van der Waals surface area contributed by atoms with Crippen molar-refractivity contribution in [3.8, 4) is 5.75 Å². The predicted molar refractivity (Wildman–Crippen MR) is 182 cm³/mol. The molecule has 0 aromatic heterocycles. The molecule has 2 N–H and O–H groups in total. The summed E-state index contributed by atoms with van der Waals surface area (Å²) < 4.78 is 0. The summed E-state index contributed by atoms with van der Waals surface area (Å²) in [4.78, 5) is 12.1. The average Bonchev–Trinajstić information content (AvgIpc) is 2.88. The van der Waals surface area contributed by atoms with E-state index in [2.05, 4.69) is 48.5 Å². The molecule has 0 saturated heterocycles. The van der Waals surface area contributed by atoms with Gasteiger partial charge < -0.3 is 10.2 Å². The molecule has 1 aromatic carbocycles. The molecule has 1 atom stereocenters. The number of hydrogen-bond acceptors (Lipinski definition) is 3. The molecule has 0 saturated carbocycles. The summed E-state index contributed by atoms with van der Waals surface area (Å²) >= 11 is 1.91. The van der Waals surface area contributed by atoms with Crippen molar-refractivity contribution < 1.29 is 15.0 Å². The van der Waals surface area contributed by atoms with E-state index in [1.807, 2.05) is 23.9 Å². The Morgan fingerprint density at radius 3 is 1.44 bits per heavy atom. The number of carboxylic acid groups (broad SMARTS) is 1. The zero-order valence-electron chi connectivity index (χ0n) is 28.1. The molecule has 41 heavy (non-hydrogen) atoms. The van der Waals surface area contributed by atoms with Gasteiger partial charge in [0.05, 0.1) is 5.92 Å². The van der Waals surface area contributed by atoms with Gasteiger partial charge in [0.2, 0.25) is 0 Å². The third-order valence-corrected chi connectivity index (χ3v) is 9.47. The fourth-order valence-corrected chi connectivity index (χ4v) is 6.70. The largest absolute Gasteiger partial charge is 0.507 e. The lowest BCUT2D eigenvalue weighted by Gasteiger charge is -2.28. The minimum atomic E-state index is -0.712. The minimum Gasteiger partial charge on any atom is -0.507 e. The topological polar surface area (TPSA) is 57.5 Å². The normalized spacial score (nSPS) is 13.0. The highest BCUT2D eigenvalue weighted by Gasteiger charge is 2.28. The van der Waals surface area contributed by atoms with Crippen molar-refractivity contribution in [2.75, 3.05) is 11.5 Å². The van der Waals surface area contributed by atoms with E-state index >= 15 is 0 Å². The number of phenolic OH excluding ortho intramolecular Hbond substituents is 1.